The highest BCUT2D eigenvalue weighted by Gasteiger charge is 2.17. The molecule has 20 heavy (non-hydrogen) atoms. The molecule has 1 aromatic heterocycles. The van der Waals surface area contributed by atoms with E-state index in [2.05, 4.69) is 61.8 Å². The minimum absolute atomic E-state index is 0.343. The summed E-state index contributed by atoms with van der Waals surface area (Å²) in [6, 6.07) is 11.7. The van der Waals surface area contributed by atoms with Crippen LogP contribution in [0.25, 0.3) is 0 Å². The Labute approximate surface area is 127 Å². The zero-order valence-electron chi connectivity index (χ0n) is 12.8. The van der Waals surface area contributed by atoms with Crippen molar-refractivity contribution in [3.63, 3.8) is 0 Å². The highest BCUT2D eigenvalue weighted by molar-refractivity contribution is 7.10. The third-order valence-corrected chi connectivity index (χ3v) is 4.77. The van der Waals surface area contributed by atoms with Gasteiger partial charge >= 0.3 is 0 Å². The van der Waals surface area contributed by atoms with Gasteiger partial charge in [0.05, 0.1) is 6.04 Å². The molecular formula is C18H25NS. The number of benzene rings is 1. The standard InChI is InChI=1S/C18H25NS/c1-4-12-19-17(18-15(6-3)11-13-20-18)16-9-7-14(5-2)8-10-16/h7-11,13,17,19H,4-6,12H2,1-3H3. The molecule has 1 nitrogen and oxygen atoms in total. The van der Waals surface area contributed by atoms with Gasteiger partial charge in [-0.3, -0.25) is 0 Å². The Bertz CT molecular complexity index is 512. The molecule has 0 spiro atoms. The van der Waals surface area contributed by atoms with Crippen LogP contribution in [-0.2, 0) is 12.8 Å². The van der Waals surface area contributed by atoms with Gasteiger partial charge in [0.1, 0.15) is 0 Å². The average molecular weight is 287 g/mol. The van der Waals surface area contributed by atoms with E-state index in [-0.39, 0.29) is 0 Å². The van der Waals surface area contributed by atoms with Gasteiger partial charge < -0.3 is 5.32 Å². The van der Waals surface area contributed by atoms with Crippen molar-refractivity contribution in [2.45, 2.75) is 46.1 Å². The molecule has 0 radical (unpaired) electrons. The van der Waals surface area contributed by atoms with E-state index < -0.39 is 0 Å². The fourth-order valence-electron chi connectivity index (χ4n) is 2.49. The molecule has 0 bridgehead atoms. The number of rotatable bonds is 7. The van der Waals surface area contributed by atoms with E-state index in [0.717, 1.165) is 25.8 Å². The first-order valence-corrected chi connectivity index (χ1v) is 8.56. The summed E-state index contributed by atoms with van der Waals surface area (Å²) in [5.74, 6) is 0. The lowest BCUT2D eigenvalue weighted by Crippen LogP contribution is -2.23. The first-order chi connectivity index (χ1) is 9.80. The second kappa shape index (κ2) is 7.61. The summed E-state index contributed by atoms with van der Waals surface area (Å²) >= 11 is 1.87. The van der Waals surface area contributed by atoms with Crippen LogP contribution in [0.15, 0.2) is 35.7 Å². The van der Waals surface area contributed by atoms with Gasteiger partial charge in [0.15, 0.2) is 0 Å². The monoisotopic (exact) mass is 287 g/mol. The summed E-state index contributed by atoms with van der Waals surface area (Å²) < 4.78 is 0. The molecule has 0 saturated carbocycles. The topological polar surface area (TPSA) is 12.0 Å². The fraction of sp³-hybridized carbons (Fsp3) is 0.444. The van der Waals surface area contributed by atoms with E-state index in [1.54, 1.807) is 0 Å². The number of thiophene rings is 1. The molecule has 2 rings (SSSR count). The molecule has 1 N–H and O–H groups in total. The molecule has 1 heterocycles. The smallest absolute Gasteiger partial charge is 0.0673 e. The average Bonchev–Trinajstić information content (AvgIpc) is 2.96. The van der Waals surface area contributed by atoms with E-state index in [9.17, 15) is 0 Å². The van der Waals surface area contributed by atoms with Gasteiger partial charge in [0.2, 0.25) is 0 Å². The maximum absolute atomic E-state index is 3.71. The summed E-state index contributed by atoms with van der Waals surface area (Å²) in [6.07, 6.45) is 3.37. The van der Waals surface area contributed by atoms with E-state index in [1.165, 1.54) is 21.6 Å². The van der Waals surface area contributed by atoms with Crippen LogP contribution in [0, 0.1) is 0 Å². The van der Waals surface area contributed by atoms with Crippen molar-refractivity contribution in [3.05, 3.63) is 57.3 Å². The SMILES string of the molecule is CCCNC(c1ccc(CC)cc1)c1sccc1CC. The molecule has 1 aromatic carbocycles. The second-order valence-electron chi connectivity index (χ2n) is 5.15. The van der Waals surface area contributed by atoms with Crippen LogP contribution in [0.2, 0.25) is 0 Å². The highest BCUT2D eigenvalue weighted by Crippen LogP contribution is 2.30. The van der Waals surface area contributed by atoms with Crippen LogP contribution in [-0.4, -0.2) is 6.54 Å². The summed E-state index contributed by atoms with van der Waals surface area (Å²) in [5.41, 5.74) is 4.26. The molecule has 108 valence electrons. The molecule has 0 aliphatic carbocycles. The maximum Gasteiger partial charge on any atom is 0.0673 e. The first-order valence-electron chi connectivity index (χ1n) is 7.68. The normalized spacial score (nSPS) is 12.6. The number of hydrogen-bond donors (Lipinski definition) is 1. The molecule has 2 heteroatoms. The molecular weight excluding hydrogens is 262 g/mol. The van der Waals surface area contributed by atoms with Crippen LogP contribution in [0.4, 0.5) is 0 Å². The summed E-state index contributed by atoms with van der Waals surface area (Å²) in [4.78, 5) is 1.48. The van der Waals surface area contributed by atoms with Gasteiger partial charge in [0, 0.05) is 4.88 Å². The van der Waals surface area contributed by atoms with Crippen molar-refractivity contribution >= 4 is 11.3 Å². The minimum atomic E-state index is 0.343. The second-order valence-corrected chi connectivity index (χ2v) is 6.09. The van der Waals surface area contributed by atoms with Crippen LogP contribution < -0.4 is 5.32 Å². The Morgan fingerprint density at radius 2 is 1.75 bits per heavy atom. The van der Waals surface area contributed by atoms with Crippen molar-refractivity contribution in [3.8, 4) is 0 Å². The van der Waals surface area contributed by atoms with E-state index in [0.29, 0.717) is 6.04 Å². The highest BCUT2D eigenvalue weighted by atomic mass is 32.1. The predicted molar refractivity (Wildman–Crippen MR) is 89.7 cm³/mol. The third-order valence-electron chi connectivity index (χ3n) is 3.74. The molecule has 0 saturated heterocycles. The van der Waals surface area contributed by atoms with Crippen molar-refractivity contribution in [1.29, 1.82) is 0 Å². The lowest BCUT2D eigenvalue weighted by atomic mass is 9.99. The molecule has 0 aliphatic heterocycles. The lowest BCUT2D eigenvalue weighted by molar-refractivity contribution is 0.602. The first kappa shape index (κ1) is 15.3. The molecule has 1 unspecified atom stereocenters. The van der Waals surface area contributed by atoms with Gasteiger partial charge in [-0.15, -0.1) is 11.3 Å². The number of nitrogens with one attached hydrogen (secondary N) is 1. The van der Waals surface area contributed by atoms with Gasteiger partial charge in [-0.1, -0.05) is 45.0 Å². The van der Waals surface area contributed by atoms with Gasteiger partial charge in [-0.2, -0.15) is 0 Å². The summed E-state index contributed by atoms with van der Waals surface area (Å²) in [7, 11) is 0. The van der Waals surface area contributed by atoms with Crippen molar-refractivity contribution in [2.75, 3.05) is 6.54 Å². The van der Waals surface area contributed by atoms with E-state index >= 15 is 0 Å². The molecule has 0 amide bonds. The minimum Gasteiger partial charge on any atom is -0.306 e. The van der Waals surface area contributed by atoms with E-state index in [1.807, 2.05) is 11.3 Å². The zero-order chi connectivity index (χ0) is 14.4. The molecule has 2 aromatic rings. The number of aryl methyl sites for hydroxylation is 2. The Kier molecular flexibility index (Phi) is 5.81. The van der Waals surface area contributed by atoms with Crippen LogP contribution >= 0.6 is 11.3 Å². The molecule has 1 atom stereocenters. The zero-order valence-corrected chi connectivity index (χ0v) is 13.6. The van der Waals surface area contributed by atoms with Crippen molar-refractivity contribution < 1.29 is 0 Å². The van der Waals surface area contributed by atoms with Crippen LogP contribution in [0.5, 0.6) is 0 Å². The van der Waals surface area contributed by atoms with E-state index in [4.69, 9.17) is 0 Å². The predicted octanol–water partition coefficient (Wildman–Crippen LogP) is 4.96. The van der Waals surface area contributed by atoms with Gasteiger partial charge in [0.25, 0.3) is 0 Å². The fourth-order valence-corrected chi connectivity index (χ4v) is 3.59. The molecule has 0 fully saturated rings. The van der Waals surface area contributed by atoms with Crippen LogP contribution in [0.3, 0.4) is 0 Å². The Morgan fingerprint density at radius 1 is 1.00 bits per heavy atom. The van der Waals surface area contributed by atoms with Crippen molar-refractivity contribution in [1.82, 2.24) is 5.32 Å². The van der Waals surface area contributed by atoms with Gasteiger partial charge in [-0.25, -0.2) is 0 Å². The Morgan fingerprint density at radius 3 is 2.35 bits per heavy atom. The van der Waals surface area contributed by atoms with Gasteiger partial charge in [-0.05, 0) is 53.9 Å². The quantitative estimate of drug-likeness (QED) is 0.758. The number of hydrogen-bond acceptors (Lipinski definition) is 2. The van der Waals surface area contributed by atoms with Crippen LogP contribution in [0.1, 0.15) is 54.8 Å². The third kappa shape index (κ3) is 3.50. The lowest BCUT2D eigenvalue weighted by Gasteiger charge is -2.20. The Hall–Kier alpha value is -1.12. The molecule has 0 aliphatic rings. The Balaban J connectivity index is 2.30. The maximum atomic E-state index is 3.71. The largest absolute Gasteiger partial charge is 0.306 e. The summed E-state index contributed by atoms with van der Waals surface area (Å²) in [6.45, 7) is 7.72. The summed E-state index contributed by atoms with van der Waals surface area (Å²) in [5, 5.41) is 5.93. The van der Waals surface area contributed by atoms with Crippen molar-refractivity contribution in [2.24, 2.45) is 0 Å².